The van der Waals surface area contributed by atoms with Crippen molar-refractivity contribution in [3.05, 3.63) is 33.1 Å². The first-order valence-corrected chi connectivity index (χ1v) is 8.12. The molecule has 0 fully saturated rings. The summed E-state index contributed by atoms with van der Waals surface area (Å²) in [5.41, 5.74) is -1.47. The van der Waals surface area contributed by atoms with Gasteiger partial charge in [0.15, 0.2) is 6.23 Å². The van der Waals surface area contributed by atoms with E-state index in [2.05, 4.69) is 21.4 Å². The summed E-state index contributed by atoms with van der Waals surface area (Å²) in [5, 5.41) is 19.0. The molecule has 0 aromatic carbocycles. The molecule has 4 atom stereocenters. The molecule has 0 radical (unpaired) electrons. The minimum absolute atomic E-state index is 0.583. The lowest BCUT2D eigenvalue weighted by Crippen LogP contribution is -2.39. The molecule has 13 heteroatoms. The molecule has 1 rings (SSSR count). The number of nitrogens with zero attached hydrogens (tertiary/aromatic N) is 1. The van der Waals surface area contributed by atoms with Gasteiger partial charge in [0, 0.05) is 12.3 Å². The smallest absolute Gasteiger partial charge is 0.392 e. The van der Waals surface area contributed by atoms with Gasteiger partial charge in [-0.15, -0.1) is 0 Å². The molecule has 1 aromatic heterocycles. The summed E-state index contributed by atoms with van der Waals surface area (Å²) in [6.45, 7) is 0.0532. The molecule has 0 saturated heterocycles. The third-order valence-corrected chi connectivity index (χ3v) is 3.99. The fourth-order valence-electron chi connectivity index (χ4n) is 1.54. The number of thiol groups is 1. The summed E-state index contributed by atoms with van der Waals surface area (Å²) in [7, 11) is -4.41. The van der Waals surface area contributed by atoms with Crippen LogP contribution >= 0.6 is 20.7 Å². The lowest BCUT2D eigenvalue weighted by molar-refractivity contribution is -0.133. The van der Waals surface area contributed by atoms with Crippen molar-refractivity contribution in [1.29, 1.82) is 0 Å². The van der Waals surface area contributed by atoms with Crippen molar-refractivity contribution in [3.63, 3.8) is 0 Å². The van der Waals surface area contributed by atoms with Crippen LogP contribution in [0.2, 0.25) is 0 Å². The van der Waals surface area contributed by atoms with Crippen molar-refractivity contribution < 1.29 is 32.9 Å². The molecule has 0 amide bonds. The predicted octanol–water partition coefficient (Wildman–Crippen LogP) is -1.23. The Morgan fingerprint density at radius 3 is 2.61 bits per heavy atom. The topological polar surface area (TPSA) is 160 Å². The molecule has 0 spiro atoms. The van der Waals surface area contributed by atoms with Gasteiger partial charge in [-0.05, 0) is 19.8 Å². The van der Waals surface area contributed by atoms with Crippen LogP contribution < -0.4 is 11.2 Å². The summed E-state index contributed by atoms with van der Waals surface area (Å²) < 4.78 is 25.8. The van der Waals surface area contributed by atoms with Crippen molar-refractivity contribution in [2.45, 2.75) is 25.4 Å². The Hall–Kier alpha value is -0.980. The number of rotatable bonds is 9. The van der Waals surface area contributed by atoms with Crippen molar-refractivity contribution in [2.75, 3.05) is 13.2 Å². The third-order valence-electron chi connectivity index (χ3n) is 2.69. The molecule has 132 valence electrons. The highest BCUT2D eigenvalue weighted by atomic mass is 32.1. The lowest BCUT2D eigenvalue weighted by atomic mass is 10.2. The standard InChI is InChI=1S/C10H17N2O9PS/c1-6(14)7(5-19-22(17,18)21-23)20-9(4-13)12-3-2-8(15)11-10(12)16/h2-3,6-7,9,13-14,23H,4-5H2,1H3,(H,17,18)(H,11,15,16)/t6-,7-,9+/m0/s1. The number of hydrogen-bond donors (Lipinski definition) is 5. The molecule has 1 unspecified atom stereocenters. The first kappa shape index (κ1) is 20.1. The van der Waals surface area contributed by atoms with Gasteiger partial charge in [-0.1, -0.05) is 0 Å². The quantitative estimate of drug-likeness (QED) is 0.203. The van der Waals surface area contributed by atoms with E-state index in [0.29, 0.717) is 0 Å². The van der Waals surface area contributed by atoms with Crippen LogP contribution in [0, 0.1) is 0 Å². The number of phosphoric ester groups is 1. The molecule has 23 heavy (non-hydrogen) atoms. The van der Waals surface area contributed by atoms with Gasteiger partial charge in [0.2, 0.25) is 0 Å². The first-order valence-electron chi connectivity index (χ1n) is 6.26. The zero-order valence-corrected chi connectivity index (χ0v) is 13.7. The van der Waals surface area contributed by atoms with Gasteiger partial charge in [-0.25, -0.2) is 13.3 Å². The molecule has 0 saturated carbocycles. The van der Waals surface area contributed by atoms with Gasteiger partial charge in [0.05, 0.1) is 19.3 Å². The van der Waals surface area contributed by atoms with Crippen LogP contribution in [0.4, 0.5) is 0 Å². The van der Waals surface area contributed by atoms with E-state index in [1.54, 1.807) is 0 Å². The van der Waals surface area contributed by atoms with E-state index in [1.165, 1.54) is 6.92 Å². The van der Waals surface area contributed by atoms with Gasteiger partial charge in [-0.3, -0.25) is 18.9 Å². The minimum atomic E-state index is -4.41. The number of nitrogens with one attached hydrogen (secondary N) is 1. The molecule has 1 aromatic rings. The zero-order chi connectivity index (χ0) is 17.6. The maximum Gasteiger partial charge on any atom is 0.483 e. The first-order chi connectivity index (χ1) is 10.7. The number of aliphatic hydroxyl groups is 2. The third kappa shape index (κ3) is 6.20. The van der Waals surface area contributed by atoms with Crippen molar-refractivity contribution in [1.82, 2.24) is 9.55 Å². The highest BCUT2D eigenvalue weighted by Crippen LogP contribution is 2.44. The van der Waals surface area contributed by atoms with Gasteiger partial charge in [0.1, 0.15) is 6.10 Å². The second-order valence-electron chi connectivity index (χ2n) is 4.42. The predicted molar refractivity (Wildman–Crippen MR) is 79.8 cm³/mol. The van der Waals surface area contributed by atoms with Crippen LogP contribution in [-0.2, 0) is 17.8 Å². The second-order valence-corrected chi connectivity index (χ2v) is 6.26. The second kappa shape index (κ2) is 8.76. The van der Waals surface area contributed by atoms with Crippen molar-refractivity contribution in [3.8, 4) is 0 Å². The summed E-state index contributed by atoms with van der Waals surface area (Å²) in [6.07, 6.45) is -2.54. The summed E-state index contributed by atoms with van der Waals surface area (Å²) in [6, 6.07) is 1.04. The number of aromatic amines is 1. The SMILES string of the molecule is C[C@H](O)[C@H](COP(=O)(O)OS)O[C@H](CO)n1ccc(=O)[nH]c1=O. The summed E-state index contributed by atoms with van der Waals surface area (Å²) in [4.78, 5) is 33.7. The number of phosphoric acid groups is 1. The van der Waals surface area contributed by atoms with E-state index in [9.17, 15) is 24.4 Å². The fourth-order valence-corrected chi connectivity index (χ4v) is 2.06. The van der Waals surface area contributed by atoms with E-state index in [4.69, 9.17) is 9.63 Å². The molecular formula is C10H17N2O9PS. The maximum atomic E-state index is 11.7. The molecule has 1 heterocycles. The molecule has 4 N–H and O–H groups in total. The summed E-state index contributed by atoms with van der Waals surface area (Å²) >= 11 is 3.16. The lowest BCUT2D eigenvalue weighted by Gasteiger charge is -2.26. The monoisotopic (exact) mass is 372 g/mol. The van der Waals surface area contributed by atoms with Gasteiger partial charge >= 0.3 is 13.5 Å². The average molecular weight is 372 g/mol. The Morgan fingerprint density at radius 2 is 2.13 bits per heavy atom. The van der Waals surface area contributed by atoms with E-state index in [1.807, 2.05) is 4.98 Å². The minimum Gasteiger partial charge on any atom is -0.392 e. The molecule has 11 nitrogen and oxygen atoms in total. The Kier molecular flexibility index (Phi) is 7.64. The van der Waals surface area contributed by atoms with Crippen LogP contribution in [0.25, 0.3) is 0 Å². The van der Waals surface area contributed by atoms with Crippen LogP contribution in [0.5, 0.6) is 0 Å². The normalized spacial score (nSPS) is 18.1. The largest absolute Gasteiger partial charge is 0.483 e. The Balaban J connectivity index is 2.90. The molecular weight excluding hydrogens is 355 g/mol. The molecule has 0 aliphatic rings. The highest BCUT2D eigenvalue weighted by molar-refractivity contribution is 7.80. The molecule has 0 bridgehead atoms. The van der Waals surface area contributed by atoms with E-state index >= 15 is 0 Å². The number of H-pyrrole nitrogens is 1. The summed E-state index contributed by atoms with van der Waals surface area (Å²) in [5.74, 6) is 0. The Labute approximate surface area is 135 Å². The Bertz CT molecular complexity index is 660. The van der Waals surface area contributed by atoms with Gasteiger partial charge in [0.25, 0.3) is 5.56 Å². The van der Waals surface area contributed by atoms with Crippen LogP contribution in [0.3, 0.4) is 0 Å². The van der Waals surface area contributed by atoms with Crippen LogP contribution in [0.1, 0.15) is 13.2 Å². The Morgan fingerprint density at radius 1 is 1.48 bits per heavy atom. The number of hydrogen-bond acceptors (Lipinski definition) is 9. The maximum absolute atomic E-state index is 11.7. The van der Waals surface area contributed by atoms with Crippen LogP contribution in [0.15, 0.2) is 21.9 Å². The zero-order valence-electron chi connectivity index (χ0n) is 11.9. The van der Waals surface area contributed by atoms with E-state index in [0.717, 1.165) is 16.8 Å². The number of aliphatic hydroxyl groups excluding tert-OH is 2. The van der Waals surface area contributed by atoms with Gasteiger partial charge in [-0.2, -0.15) is 0 Å². The highest BCUT2D eigenvalue weighted by Gasteiger charge is 2.27. The number of aromatic nitrogens is 2. The molecule has 0 aliphatic carbocycles. The molecule has 0 aliphatic heterocycles. The van der Waals surface area contributed by atoms with Gasteiger partial charge < -0.3 is 19.8 Å². The number of ether oxygens (including phenoxy) is 1. The van der Waals surface area contributed by atoms with Crippen molar-refractivity contribution in [2.24, 2.45) is 0 Å². The van der Waals surface area contributed by atoms with E-state index in [-0.39, 0.29) is 0 Å². The fraction of sp³-hybridized carbons (Fsp3) is 0.600. The van der Waals surface area contributed by atoms with E-state index < -0.39 is 50.7 Å². The van der Waals surface area contributed by atoms with Crippen LogP contribution in [-0.4, -0.2) is 50.1 Å². The average Bonchev–Trinajstić information content (AvgIpc) is 2.48. The van der Waals surface area contributed by atoms with Crippen molar-refractivity contribution >= 4 is 20.7 Å².